The summed E-state index contributed by atoms with van der Waals surface area (Å²) in [7, 11) is 0. The molecule has 0 radical (unpaired) electrons. The summed E-state index contributed by atoms with van der Waals surface area (Å²) in [4.78, 5) is 4.41. The van der Waals surface area contributed by atoms with Gasteiger partial charge in [-0.1, -0.05) is 56.8 Å². The summed E-state index contributed by atoms with van der Waals surface area (Å²) in [6.45, 7) is 14.4. The van der Waals surface area contributed by atoms with E-state index in [1.165, 1.54) is 22.3 Å². The Kier molecular flexibility index (Phi) is 4.39. The molecule has 0 heterocycles. The van der Waals surface area contributed by atoms with Crippen LogP contribution in [0.4, 0.5) is 0 Å². The predicted molar refractivity (Wildman–Crippen MR) is 89.1 cm³/mol. The lowest BCUT2D eigenvalue weighted by Crippen LogP contribution is -2.02. The average molecular weight is 265 g/mol. The summed E-state index contributed by atoms with van der Waals surface area (Å²) < 4.78 is 0. The second kappa shape index (κ2) is 6.04. The standard InChI is InChI=1S/C19H23N/c1-13(2)16(5)20-12-15(4)17-8-9-18-10-14(3)6-7-19(18)11-17/h6-7,10-13H,4-5,8-9H2,1-3H3. The van der Waals surface area contributed by atoms with Crippen LogP contribution in [0.3, 0.4) is 0 Å². The van der Waals surface area contributed by atoms with Crippen LogP contribution in [0.2, 0.25) is 0 Å². The molecule has 1 heteroatoms. The van der Waals surface area contributed by atoms with Gasteiger partial charge >= 0.3 is 0 Å². The Morgan fingerprint density at radius 2 is 2.00 bits per heavy atom. The van der Waals surface area contributed by atoms with Crippen LogP contribution >= 0.6 is 0 Å². The fraction of sp³-hybridized carbons (Fsp3) is 0.316. The largest absolute Gasteiger partial charge is 0.261 e. The molecule has 0 unspecified atom stereocenters. The minimum Gasteiger partial charge on any atom is -0.261 e. The van der Waals surface area contributed by atoms with Crippen LogP contribution in [0.25, 0.3) is 6.08 Å². The number of allylic oxidation sites excluding steroid dienone is 3. The lowest BCUT2D eigenvalue weighted by molar-refractivity contribution is 0.763. The summed E-state index contributed by atoms with van der Waals surface area (Å²) in [5.41, 5.74) is 7.26. The van der Waals surface area contributed by atoms with Gasteiger partial charge in [0.2, 0.25) is 0 Å². The highest BCUT2D eigenvalue weighted by Gasteiger charge is 2.11. The minimum absolute atomic E-state index is 0.378. The molecule has 0 saturated heterocycles. The molecule has 0 amide bonds. The van der Waals surface area contributed by atoms with E-state index in [-0.39, 0.29) is 0 Å². The average Bonchev–Trinajstić information content (AvgIpc) is 2.43. The van der Waals surface area contributed by atoms with Crippen LogP contribution in [-0.4, -0.2) is 6.21 Å². The molecule has 1 aliphatic rings. The molecule has 0 fully saturated rings. The fourth-order valence-corrected chi connectivity index (χ4v) is 2.27. The number of hydrogen-bond acceptors (Lipinski definition) is 1. The van der Waals surface area contributed by atoms with E-state index in [4.69, 9.17) is 0 Å². The Morgan fingerprint density at radius 3 is 2.70 bits per heavy atom. The molecular formula is C19H23N. The van der Waals surface area contributed by atoms with Crippen molar-refractivity contribution >= 4 is 12.3 Å². The summed E-state index contributed by atoms with van der Waals surface area (Å²) in [5.74, 6) is 0.378. The van der Waals surface area contributed by atoms with Gasteiger partial charge in [0.15, 0.2) is 0 Å². The van der Waals surface area contributed by atoms with Gasteiger partial charge in [-0.25, -0.2) is 0 Å². The van der Waals surface area contributed by atoms with Crippen molar-refractivity contribution in [1.29, 1.82) is 0 Å². The maximum absolute atomic E-state index is 4.41. The van der Waals surface area contributed by atoms with Crippen molar-refractivity contribution in [3.8, 4) is 0 Å². The van der Waals surface area contributed by atoms with Crippen LogP contribution in [0.15, 0.2) is 53.2 Å². The predicted octanol–water partition coefficient (Wildman–Crippen LogP) is 5.12. The van der Waals surface area contributed by atoms with E-state index in [2.05, 4.69) is 63.2 Å². The van der Waals surface area contributed by atoms with Crippen molar-refractivity contribution in [3.05, 3.63) is 64.9 Å². The van der Waals surface area contributed by atoms with Gasteiger partial charge in [-0.3, -0.25) is 4.99 Å². The summed E-state index contributed by atoms with van der Waals surface area (Å²) in [6, 6.07) is 6.64. The summed E-state index contributed by atoms with van der Waals surface area (Å²) in [5, 5.41) is 0. The lowest BCUT2D eigenvalue weighted by atomic mass is 9.88. The minimum atomic E-state index is 0.378. The molecule has 104 valence electrons. The van der Waals surface area contributed by atoms with Gasteiger partial charge < -0.3 is 0 Å². The number of hydrogen-bond donors (Lipinski definition) is 0. The Balaban J connectivity index is 2.16. The third kappa shape index (κ3) is 3.36. The normalized spacial score (nSPS) is 14.3. The zero-order chi connectivity index (χ0) is 14.7. The zero-order valence-corrected chi connectivity index (χ0v) is 12.7. The Hall–Kier alpha value is -1.89. The Labute approximate surface area is 122 Å². The molecule has 0 N–H and O–H groups in total. The lowest BCUT2D eigenvalue weighted by Gasteiger charge is -2.17. The van der Waals surface area contributed by atoms with Gasteiger partial charge in [-0.15, -0.1) is 0 Å². The van der Waals surface area contributed by atoms with Crippen molar-refractivity contribution in [3.63, 3.8) is 0 Å². The highest BCUT2D eigenvalue weighted by Crippen LogP contribution is 2.27. The monoisotopic (exact) mass is 265 g/mol. The summed E-state index contributed by atoms with van der Waals surface area (Å²) in [6.07, 6.45) is 6.22. The first-order valence-electron chi connectivity index (χ1n) is 7.19. The van der Waals surface area contributed by atoms with Crippen LogP contribution < -0.4 is 0 Å². The fourth-order valence-electron chi connectivity index (χ4n) is 2.27. The van der Waals surface area contributed by atoms with Gasteiger partial charge in [-0.05, 0) is 48.0 Å². The molecule has 0 bridgehead atoms. The van der Waals surface area contributed by atoms with Crippen molar-refractivity contribution in [2.75, 3.05) is 0 Å². The summed E-state index contributed by atoms with van der Waals surface area (Å²) >= 11 is 0. The maximum Gasteiger partial charge on any atom is 0.0357 e. The zero-order valence-electron chi connectivity index (χ0n) is 12.7. The highest BCUT2D eigenvalue weighted by atomic mass is 14.7. The molecule has 2 rings (SSSR count). The molecule has 0 aromatic heterocycles. The van der Waals surface area contributed by atoms with E-state index in [0.717, 1.165) is 24.1 Å². The number of benzene rings is 1. The quantitative estimate of drug-likeness (QED) is 0.670. The van der Waals surface area contributed by atoms with Crippen LogP contribution in [0, 0.1) is 12.8 Å². The topological polar surface area (TPSA) is 12.4 Å². The first-order valence-corrected chi connectivity index (χ1v) is 7.19. The van der Waals surface area contributed by atoms with Crippen LogP contribution in [-0.2, 0) is 6.42 Å². The molecule has 1 nitrogen and oxygen atoms in total. The van der Waals surface area contributed by atoms with E-state index in [1.807, 2.05) is 6.21 Å². The second-order valence-corrected chi connectivity index (χ2v) is 5.80. The van der Waals surface area contributed by atoms with Crippen LogP contribution in [0.5, 0.6) is 0 Å². The maximum atomic E-state index is 4.41. The molecular weight excluding hydrogens is 242 g/mol. The second-order valence-electron chi connectivity index (χ2n) is 5.80. The van der Waals surface area contributed by atoms with Gasteiger partial charge in [0.25, 0.3) is 0 Å². The number of fused-ring (bicyclic) bond motifs is 1. The molecule has 1 aromatic rings. The van der Waals surface area contributed by atoms with E-state index in [0.29, 0.717) is 5.92 Å². The first kappa shape index (κ1) is 14.5. The van der Waals surface area contributed by atoms with E-state index >= 15 is 0 Å². The molecule has 1 aliphatic carbocycles. The molecule has 0 saturated carbocycles. The molecule has 20 heavy (non-hydrogen) atoms. The number of aryl methyl sites for hydroxylation is 2. The van der Waals surface area contributed by atoms with E-state index < -0.39 is 0 Å². The third-order valence-electron chi connectivity index (χ3n) is 3.76. The number of aliphatic imine (C=N–C) groups is 1. The Bertz CT molecular complexity index is 600. The number of nitrogens with zero attached hydrogens (tertiary/aromatic N) is 1. The highest BCUT2D eigenvalue weighted by molar-refractivity contribution is 5.87. The van der Waals surface area contributed by atoms with Gasteiger partial charge in [0.1, 0.15) is 0 Å². The van der Waals surface area contributed by atoms with Gasteiger partial charge in [-0.2, -0.15) is 0 Å². The first-order chi connectivity index (χ1) is 9.47. The molecule has 0 atom stereocenters. The van der Waals surface area contributed by atoms with E-state index in [9.17, 15) is 0 Å². The van der Waals surface area contributed by atoms with Crippen LogP contribution in [0.1, 0.15) is 37.0 Å². The molecule has 1 aromatic carbocycles. The SMILES string of the molecule is C=C(C=NC(=C)C(C)C)C1=Cc2ccc(C)cc2CC1. The molecule has 0 aliphatic heterocycles. The van der Waals surface area contributed by atoms with E-state index in [1.54, 1.807) is 0 Å². The van der Waals surface area contributed by atoms with Crippen molar-refractivity contribution in [2.45, 2.75) is 33.6 Å². The Morgan fingerprint density at radius 1 is 1.25 bits per heavy atom. The molecule has 0 spiro atoms. The van der Waals surface area contributed by atoms with Crippen molar-refractivity contribution in [2.24, 2.45) is 10.9 Å². The third-order valence-corrected chi connectivity index (χ3v) is 3.76. The van der Waals surface area contributed by atoms with Gasteiger partial charge in [0.05, 0.1) is 0 Å². The van der Waals surface area contributed by atoms with Crippen molar-refractivity contribution in [1.82, 2.24) is 0 Å². The number of rotatable bonds is 4. The smallest absolute Gasteiger partial charge is 0.0357 e. The van der Waals surface area contributed by atoms with Crippen molar-refractivity contribution < 1.29 is 0 Å². The van der Waals surface area contributed by atoms with Gasteiger partial charge in [0, 0.05) is 11.9 Å².